The number of carbonyl (C=O) groups is 2. The van der Waals surface area contributed by atoms with Crippen molar-refractivity contribution in [3.8, 4) is 0 Å². The Morgan fingerprint density at radius 3 is 2.07 bits per heavy atom. The molecule has 0 fully saturated rings. The first-order valence-corrected chi connectivity index (χ1v) is 9.65. The first-order valence-electron chi connectivity index (χ1n) is 9.65. The summed E-state index contributed by atoms with van der Waals surface area (Å²) < 4.78 is 0. The normalized spacial score (nSPS) is 13.0. The van der Waals surface area contributed by atoms with Crippen molar-refractivity contribution in [3.05, 3.63) is 71.8 Å². The minimum atomic E-state index is -1.56. The number of hydrogen-bond donors (Lipinski definition) is 3. The summed E-state index contributed by atoms with van der Waals surface area (Å²) in [7, 11) is -1.56. The number of ketones is 1. The maximum absolute atomic E-state index is 13.0. The fraction of sp³-hybridized carbons (Fsp3) is 0.364. The zero-order valence-electron chi connectivity index (χ0n) is 16.4. The number of nitrogens with one attached hydrogen (secondary N) is 1. The van der Waals surface area contributed by atoms with Crippen LogP contribution in [0, 0.1) is 5.92 Å². The van der Waals surface area contributed by atoms with E-state index in [0.717, 1.165) is 5.56 Å². The summed E-state index contributed by atoms with van der Waals surface area (Å²) in [5.74, 6) is -0.850. The van der Waals surface area contributed by atoms with Gasteiger partial charge in [-0.25, -0.2) is 0 Å². The Morgan fingerprint density at radius 2 is 1.54 bits per heavy atom. The molecule has 0 saturated carbocycles. The van der Waals surface area contributed by atoms with Gasteiger partial charge < -0.3 is 15.4 Å². The molecule has 148 valence electrons. The van der Waals surface area contributed by atoms with Crippen LogP contribution in [0.5, 0.6) is 0 Å². The predicted octanol–water partition coefficient (Wildman–Crippen LogP) is 2.88. The minimum absolute atomic E-state index is 0.00240. The molecule has 0 spiro atoms. The van der Waals surface area contributed by atoms with E-state index in [1.807, 2.05) is 50.2 Å². The average molecular weight is 381 g/mol. The second-order valence-corrected chi connectivity index (χ2v) is 7.56. The summed E-state index contributed by atoms with van der Waals surface area (Å²) in [6.07, 6.45) is 0.880. The number of hydrogen-bond acceptors (Lipinski definition) is 4. The molecule has 0 aliphatic carbocycles. The number of Topliss-reactive ketones (excluding diaryl/α,β-unsaturated/α-hetero) is 1. The average Bonchev–Trinajstić information content (AvgIpc) is 2.68. The van der Waals surface area contributed by atoms with E-state index in [2.05, 4.69) is 5.32 Å². The molecule has 0 bridgehead atoms. The largest absolute Gasteiger partial charge is 0.455 e. The molecule has 1 unspecified atom stereocenters. The highest BCUT2D eigenvalue weighted by molar-refractivity contribution is 6.43. The van der Waals surface area contributed by atoms with Gasteiger partial charge in [-0.05, 0) is 36.5 Å². The molecule has 28 heavy (non-hydrogen) atoms. The van der Waals surface area contributed by atoms with Crippen LogP contribution in [0.15, 0.2) is 60.7 Å². The van der Waals surface area contributed by atoms with Crippen LogP contribution in [0.2, 0.25) is 5.82 Å². The molecule has 2 aromatic carbocycles. The van der Waals surface area contributed by atoms with Crippen molar-refractivity contribution < 1.29 is 19.6 Å². The minimum Gasteiger partial charge on any atom is -0.427 e. The monoisotopic (exact) mass is 381 g/mol. The Labute approximate surface area is 166 Å². The standard InChI is InChI=1S/C22H28BNO4/c1-16(2)13-19(23(27)28)15-21(25)20(14-17-9-5-3-6-10-17)24-22(26)18-11-7-4-8-12-18/h3-12,16,19-20,27-28H,13-15H2,1-2H3,(H,24,26)/t19?,20-/m1/s1. The summed E-state index contributed by atoms with van der Waals surface area (Å²) in [6.45, 7) is 3.94. The number of benzene rings is 2. The van der Waals surface area contributed by atoms with Crippen LogP contribution in [-0.2, 0) is 11.2 Å². The SMILES string of the molecule is CC(C)CC(CC(=O)[C@@H](Cc1ccccc1)NC(=O)c1ccccc1)B(O)O. The molecule has 2 rings (SSSR count). The molecular weight excluding hydrogens is 353 g/mol. The third kappa shape index (κ3) is 6.95. The molecule has 0 aliphatic heterocycles. The quantitative estimate of drug-likeness (QED) is 0.553. The van der Waals surface area contributed by atoms with Gasteiger partial charge in [-0.15, -0.1) is 0 Å². The third-order valence-corrected chi connectivity index (χ3v) is 4.67. The zero-order chi connectivity index (χ0) is 20.5. The van der Waals surface area contributed by atoms with Crippen molar-refractivity contribution in [2.75, 3.05) is 0 Å². The van der Waals surface area contributed by atoms with E-state index in [1.165, 1.54) is 0 Å². The van der Waals surface area contributed by atoms with Gasteiger partial charge in [0, 0.05) is 17.8 Å². The topological polar surface area (TPSA) is 86.6 Å². The Hall–Kier alpha value is -2.44. The lowest BCUT2D eigenvalue weighted by Crippen LogP contribution is -2.43. The highest BCUT2D eigenvalue weighted by Gasteiger charge is 2.30. The molecule has 2 aromatic rings. The molecule has 6 heteroatoms. The van der Waals surface area contributed by atoms with Crippen LogP contribution in [0.1, 0.15) is 42.6 Å². The van der Waals surface area contributed by atoms with Crippen LogP contribution in [0.25, 0.3) is 0 Å². The maximum Gasteiger partial charge on any atom is 0.455 e. The third-order valence-electron chi connectivity index (χ3n) is 4.67. The fourth-order valence-electron chi connectivity index (χ4n) is 3.24. The second kappa shape index (κ2) is 10.8. The van der Waals surface area contributed by atoms with Crippen LogP contribution in [-0.4, -0.2) is 34.9 Å². The highest BCUT2D eigenvalue weighted by atomic mass is 16.4. The van der Waals surface area contributed by atoms with E-state index in [-0.39, 0.29) is 24.0 Å². The number of carbonyl (C=O) groups excluding carboxylic acids is 2. The molecule has 0 aromatic heterocycles. The second-order valence-electron chi connectivity index (χ2n) is 7.56. The number of amides is 1. The van der Waals surface area contributed by atoms with Gasteiger partial charge in [-0.3, -0.25) is 9.59 Å². The van der Waals surface area contributed by atoms with Crippen LogP contribution in [0.3, 0.4) is 0 Å². The van der Waals surface area contributed by atoms with Gasteiger partial charge in [0.05, 0.1) is 6.04 Å². The summed E-state index contributed by atoms with van der Waals surface area (Å²) in [5, 5.41) is 22.1. The van der Waals surface area contributed by atoms with E-state index in [1.54, 1.807) is 24.3 Å². The Balaban J connectivity index is 2.16. The van der Waals surface area contributed by atoms with Crippen LogP contribution < -0.4 is 5.32 Å². The lowest BCUT2D eigenvalue weighted by atomic mass is 9.66. The molecule has 2 atom stereocenters. The van der Waals surface area contributed by atoms with Crippen molar-refractivity contribution in [1.29, 1.82) is 0 Å². The molecule has 1 amide bonds. The highest BCUT2D eigenvalue weighted by Crippen LogP contribution is 2.24. The first-order chi connectivity index (χ1) is 13.4. The summed E-state index contributed by atoms with van der Waals surface area (Å²) in [5.41, 5.74) is 1.41. The summed E-state index contributed by atoms with van der Waals surface area (Å²) in [4.78, 5) is 25.6. The summed E-state index contributed by atoms with van der Waals surface area (Å²) in [6, 6.07) is 17.5. The van der Waals surface area contributed by atoms with Gasteiger partial charge in [0.15, 0.2) is 5.78 Å². The molecule has 0 saturated heterocycles. The molecule has 0 radical (unpaired) electrons. The van der Waals surface area contributed by atoms with Crippen molar-refractivity contribution in [2.24, 2.45) is 5.92 Å². The van der Waals surface area contributed by atoms with Gasteiger partial charge in [0.25, 0.3) is 5.91 Å². The smallest absolute Gasteiger partial charge is 0.427 e. The van der Waals surface area contributed by atoms with Crippen molar-refractivity contribution in [1.82, 2.24) is 5.32 Å². The fourth-order valence-corrected chi connectivity index (χ4v) is 3.24. The van der Waals surface area contributed by atoms with Gasteiger partial charge in [-0.2, -0.15) is 0 Å². The van der Waals surface area contributed by atoms with Gasteiger partial charge in [-0.1, -0.05) is 62.4 Å². The lowest BCUT2D eigenvalue weighted by molar-refractivity contribution is -0.121. The van der Waals surface area contributed by atoms with Gasteiger partial charge in [0.1, 0.15) is 0 Å². The molecule has 0 aliphatic rings. The van der Waals surface area contributed by atoms with Crippen LogP contribution in [0.4, 0.5) is 0 Å². The van der Waals surface area contributed by atoms with Crippen molar-refractivity contribution >= 4 is 18.8 Å². The van der Waals surface area contributed by atoms with E-state index in [0.29, 0.717) is 18.4 Å². The first kappa shape index (κ1) is 21.9. The summed E-state index contributed by atoms with van der Waals surface area (Å²) >= 11 is 0. The van der Waals surface area contributed by atoms with Crippen LogP contribution >= 0.6 is 0 Å². The van der Waals surface area contributed by atoms with Gasteiger partial charge >= 0.3 is 7.12 Å². The molecular formula is C22H28BNO4. The Bertz CT molecular complexity index is 750. The van der Waals surface area contributed by atoms with E-state index in [4.69, 9.17) is 0 Å². The number of rotatable bonds is 10. The Morgan fingerprint density at radius 1 is 0.964 bits per heavy atom. The van der Waals surface area contributed by atoms with E-state index < -0.39 is 19.0 Å². The van der Waals surface area contributed by atoms with E-state index in [9.17, 15) is 19.6 Å². The van der Waals surface area contributed by atoms with E-state index >= 15 is 0 Å². The molecule has 3 N–H and O–H groups in total. The van der Waals surface area contributed by atoms with Crippen molar-refractivity contribution in [2.45, 2.75) is 45.0 Å². The molecule has 0 heterocycles. The lowest BCUT2D eigenvalue weighted by Gasteiger charge is -2.22. The predicted molar refractivity (Wildman–Crippen MR) is 111 cm³/mol. The maximum atomic E-state index is 13.0. The van der Waals surface area contributed by atoms with Crippen molar-refractivity contribution in [3.63, 3.8) is 0 Å². The Kier molecular flexibility index (Phi) is 8.42. The van der Waals surface area contributed by atoms with Gasteiger partial charge in [0.2, 0.25) is 0 Å². The zero-order valence-corrected chi connectivity index (χ0v) is 16.4. The molecule has 5 nitrogen and oxygen atoms in total.